The average molecular weight is 291 g/mol. The lowest BCUT2D eigenvalue weighted by Crippen LogP contribution is -2.35. The second kappa shape index (κ2) is 7.25. The van der Waals surface area contributed by atoms with Crippen molar-refractivity contribution in [3.8, 4) is 17.2 Å². The predicted octanol–water partition coefficient (Wildman–Crippen LogP) is 1.43. The van der Waals surface area contributed by atoms with Crippen LogP contribution < -0.4 is 19.5 Å². The number of nitrogens with one attached hydrogen (secondary N) is 1. The second-order valence-electron chi connectivity index (χ2n) is 4.11. The second-order valence-corrected chi connectivity index (χ2v) is 4.11. The Bertz CT molecular complexity index is 441. The summed E-state index contributed by atoms with van der Waals surface area (Å²) in [7, 11) is 4.43. The molecule has 1 aromatic rings. The molecule has 2 N–H and O–H groups in total. The number of alkyl halides is 2. The fourth-order valence-electron chi connectivity index (χ4n) is 1.74. The van der Waals surface area contributed by atoms with Crippen molar-refractivity contribution in [3.05, 3.63) is 17.7 Å². The topological polar surface area (TPSA) is 60.0 Å². The first-order chi connectivity index (χ1) is 9.49. The summed E-state index contributed by atoms with van der Waals surface area (Å²) in [6.45, 7) is -1.66. The Morgan fingerprint density at radius 3 is 2.25 bits per heavy atom. The molecule has 0 aliphatic heterocycles. The van der Waals surface area contributed by atoms with Crippen molar-refractivity contribution < 1.29 is 28.1 Å². The van der Waals surface area contributed by atoms with Gasteiger partial charge in [-0.05, 0) is 6.07 Å². The molecule has 0 bridgehead atoms. The summed E-state index contributed by atoms with van der Waals surface area (Å²) in [5, 5.41) is 11.1. The number of rotatable bonds is 8. The fourth-order valence-corrected chi connectivity index (χ4v) is 1.74. The lowest BCUT2D eigenvalue weighted by molar-refractivity contribution is -0.0478. The highest BCUT2D eigenvalue weighted by atomic mass is 19.3. The predicted molar refractivity (Wildman–Crippen MR) is 69.8 cm³/mol. The van der Waals surface area contributed by atoms with E-state index < -0.39 is 19.1 Å². The summed E-state index contributed by atoms with van der Waals surface area (Å²) in [4.78, 5) is 0. The molecule has 0 amide bonds. The third-order valence-corrected chi connectivity index (χ3v) is 2.72. The van der Waals surface area contributed by atoms with Gasteiger partial charge < -0.3 is 24.6 Å². The first kappa shape index (κ1) is 16.5. The van der Waals surface area contributed by atoms with Gasteiger partial charge in [0.2, 0.25) is 5.75 Å². The number of methoxy groups -OCH3 is 3. The number of ether oxygens (including phenoxy) is 3. The summed E-state index contributed by atoms with van der Waals surface area (Å²) in [6, 6.07) is 3.37. The van der Waals surface area contributed by atoms with Crippen molar-refractivity contribution >= 4 is 0 Å². The summed E-state index contributed by atoms with van der Waals surface area (Å²) < 4.78 is 41.4. The van der Waals surface area contributed by atoms with Gasteiger partial charge in [-0.2, -0.15) is 0 Å². The SMILES string of the molecule is COc1ccc(CNCC(F)(F)CO)c(OC)c1OC. The molecule has 0 atom stereocenters. The molecule has 1 rings (SSSR count). The first-order valence-corrected chi connectivity index (χ1v) is 5.96. The largest absolute Gasteiger partial charge is 0.493 e. The van der Waals surface area contributed by atoms with E-state index in [0.717, 1.165) is 0 Å². The lowest BCUT2D eigenvalue weighted by Gasteiger charge is -2.17. The lowest BCUT2D eigenvalue weighted by atomic mass is 10.1. The van der Waals surface area contributed by atoms with E-state index in [-0.39, 0.29) is 6.54 Å². The molecule has 0 aliphatic rings. The number of hydrogen-bond donors (Lipinski definition) is 2. The maximum atomic E-state index is 12.9. The van der Waals surface area contributed by atoms with Gasteiger partial charge >= 0.3 is 0 Å². The van der Waals surface area contributed by atoms with Gasteiger partial charge in [-0.1, -0.05) is 6.07 Å². The maximum Gasteiger partial charge on any atom is 0.282 e. The molecule has 114 valence electrons. The molecule has 0 radical (unpaired) electrons. The molecule has 0 aliphatic carbocycles. The van der Waals surface area contributed by atoms with Gasteiger partial charge in [0.1, 0.15) is 6.61 Å². The minimum atomic E-state index is -3.15. The molecule has 7 heteroatoms. The molecular formula is C13H19F2NO4. The van der Waals surface area contributed by atoms with E-state index in [2.05, 4.69) is 5.32 Å². The van der Waals surface area contributed by atoms with Crippen molar-refractivity contribution in [3.63, 3.8) is 0 Å². The zero-order valence-electron chi connectivity index (χ0n) is 11.7. The van der Waals surface area contributed by atoms with Crippen LogP contribution in [0.25, 0.3) is 0 Å². The van der Waals surface area contributed by atoms with E-state index in [1.54, 1.807) is 12.1 Å². The molecule has 1 aromatic carbocycles. The normalized spacial score (nSPS) is 11.3. The third-order valence-electron chi connectivity index (χ3n) is 2.72. The number of aliphatic hydroxyl groups excluding tert-OH is 1. The highest BCUT2D eigenvalue weighted by Crippen LogP contribution is 2.39. The van der Waals surface area contributed by atoms with E-state index in [1.807, 2.05) is 0 Å². The van der Waals surface area contributed by atoms with Gasteiger partial charge in [-0.25, -0.2) is 8.78 Å². The molecule has 20 heavy (non-hydrogen) atoms. The van der Waals surface area contributed by atoms with Crippen molar-refractivity contribution in [2.24, 2.45) is 0 Å². The zero-order valence-corrected chi connectivity index (χ0v) is 11.7. The molecule has 0 aromatic heterocycles. The van der Waals surface area contributed by atoms with E-state index in [0.29, 0.717) is 22.8 Å². The first-order valence-electron chi connectivity index (χ1n) is 5.96. The number of hydrogen-bond acceptors (Lipinski definition) is 5. The van der Waals surface area contributed by atoms with Crippen LogP contribution in [0.5, 0.6) is 17.2 Å². The molecular weight excluding hydrogens is 272 g/mol. The van der Waals surface area contributed by atoms with Crippen LogP contribution in [0, 0.1) is 0 Å². The van der Waals surface area contributed by atoms with Crippen molar-refractivity contribution in [1.82, 2.24) is 5.32 Å². The minimum Gasteiger partial charge on any atom is -0.493 e. The van der Waals surface area contributed by atoms with E-state index >= 15 is 0 Å². The van der Waals surface area contributed by atoms with Gasteiger partial charge in [0.15, 0.2) is 11.5 Å². The van der Waals surface area contributed by atoms with E-state index in [1.165, 1.54) is 21.3 Å². The third kappa shape index (κ3) is 3.94. The summed E-state index contributed by atoms with van der Waals surface area (Å²) in [5.74, 6) is -1.83. The molecule has 0 saturated heterocycles. The summed E-state index contributed by atoms with van der Waals surface area (Å²) in [5.41, 5.74) is 0.652. The quantitative estimate of drug-likeness (QED) is 0.759. The van der Waals surface area contributed by atoms with Gasteiger partial charge in [0.05, 0.1) is 27.9 Å². The zero-order chi connectivity index (χ0) is 15.2. The maximum absolute atomic E-state index is 12.9. The highest BCUT2D eigenvalue weighted by Gasteiger charge is 2.27. The van der Waals surface area contributed by atoms with Crippen LogP contribution in [-0.4, -0.2) is 45.5 Å². The number of aliphatic hydroxyl groups is 1. The van der Waals surface area contributed by atoms with Crippen LogP contribution in [0.3, 0.4) is 0 Å². The van der Waals surface area contributed by atoms with Crippen LogP contribution >= 0.6 is 0 Å². The van der Waals surface area contributed by atoms with Crippen molar-refractivity contribution in [2.45, 2.75) is 12.5 Å². The van der Waals surface area contributed by atoms with Gasteiger partial charge in [0.25, 0.3) is 5.92 Å². The Kier molecular flexibility index (Phi) is 5.97. The Hall–Kier alpha value is -1.60. The Balaban J connectivity index is 2.85. The Labute approximate surface area is 116 Å². The molecule has 0 spiro atoms. The Morgan fingerprint density at radius 2 is 1.75 bits per heavy atom. The average Bonchev–Trinajstić information content (AvgIpc) is 2.46. The van der Waals surface area contributed by atoms with Crippen molar-refractivity contribution in [2.75, 3.05) is 34.5 Å². The molecule has 5 nitrogen and oxygen atoms in total. The van der Waals surface area contributed by atoms with Gasteiger partial charge in [-0.15, -0.1) is 0 Å². The smallest absolute Gasteiger partial charge is 0.282 e. The molecule has 0 fully saturated rings. The highest BCUT2D eigenvalue weighted by molar-refractivity contribution is 5.55. The number of halogens is 2. The monoisotopic (exact) mass is 291 g/mol. The fraction of sp³-hybridized carbons (Fsp3) is 0.538. The van der Waals surface area contributed by atoms with Crippen LogP contribution in [0.2, 0.25) is 0 Å². The van der Waals surface area contributed by atoms with Crippen LogP contribution in [0.15, 0.2) is 12.1 Å². The van der Waals surface area contributed by atoms with Gasteiger partial charge in [-0.3, -0.25) is 0 Å². The van der Waals surface area contributed by atoms with E-state index in [4.69, 9.17) is 19.3 Å². The van der Waals surface area contributed by atoms with Crippen molar-refractivity contribution in [1.29, 1.82) is 0 Å². The Morgan fingerprint density at radius 1 is 1.10 bits per heavy atom. The minimum absolute atomic E-state index is 0.152. The summed E-state index contributed by atoms with van der Waals surface area (Å²) >= 11 is 0. The van der Waals surface area contributed by atoms with Crippen LogP contribution in [-0.2, 0) is 6.54 Å². The summed E-state index contributed by atoms with van der Waals surface area (Å²) in [6.07, 6.45) is 0. The molecule has 0 unspecified atom stereocenters. The standard InChI is InChI=1S/C13H19F2NO4/c1-18-10-5-4-9(11(19-2)12(10)20-3)6-16-7-13(14,15)8-17/h4-5,16-17H,6-8H2,1-3H3. The van der Waals surface area contributed by atoms with Gasteiger partial charge in [0, 0.05) is 12.1 Å². The molecule has 0 heterocycles. The van der Waals surface area contributed by atoms with E-state index in [9.17, 15) is 8.78 Å². The van der Waals surface area contributed by atoms with Crippen LogP contribution in [0.4, 0.5) is 8.78 Å². The molecule has 0 saturated carbocycles. The number of benzene rings is 1. The van der Waals surface area contributed by atoms with Crippen LogP contribution in [0.1, 0.15) is 5.56 Å².